The molecule has 2 rings (SSSR count). The van der Waals surface area contributed by atoms with E-state index in [0.29, 0.717) is 0 Å². The maximum absolute atomic E-state index is 2.49. The molecule has 0 radical (unpaired) electrons. The van der Waals surface area contributed by atoms with Crippen molar-refractivity contribution in [2.45, 2.75) is 53.4 Å². The number of benzene rings is 1. The van der Waals surface area contributed by atoms with E-state index in [-0.39, 0.29) is 5.41 Å². The molecule has 0 N–H and O–H groups in total. The van der Waals surface area contributed by atoms with Gasteiger partial charge in [0.2, 0.25) is 0 Å². The van der Waals surface area contributed by atoms with Gasteiger partial charge in [-0.1, -0.05) is 49.3 Å². The Labute approximate surface area is 112 Å². The lowest BCUT2D eigenvalue weighted by Gasteiger charge is -2.30. The van der Waals surface area contributed by atoms with Gasteiger partial charge < -0.3 is 0 Å². The molecule has 1 aliphatic carbocycles. The van der Waals surface area contributed by atoms with E-state index >= 15 is 0 Å². The summed E-state index contributed by atoms with van der Waals surface area (Å²) in [6.07, 6.45) is 3.86. The number of hydrogen-bond acceptors (Lipinski definition) is 0. The lowest BCUT2D eigenvalue weighted by molar-refractivity contribution is 0.481. The van der Waals surface area contributed by atoms with Crippen molar-refractivity contribution in [3.05, 3.63) is 46.5 Å². The van der Waals surface area contributed by atoms with E-state index in [1.54, 1.807) is 0 Å². The highest BCUT2D eigenvalue weighted by Gasteiger charge is 2.47. The third-order valence-electron chi connectivity index (χ3n) is 4.44. The van der Waals surface area contributed by atoms with Gasteiger partial charge in [-0.3, -0.25) is 0 Å². The number of hydrogen-bond donors (Lipinski definition) is 0. The first-order chi connectivity index (χ1) is 8.34. The molecule has 18 heavy (non-hydrogen) atoms. The SMILES string of the molecule is CC(C)=CC(C)(c1cc(C)ccc1C)C1CC1C. The van der Waals surface area contributed by atoms with Crippen LogP contribution in [0.2, 0.25) is 0 Å². The molecular formula is C18H26. The second kappa shape index (κ2) is 4.57. The Morgan fingerprint density at radius 1 is 1.28 bits per heavy atom. The average Bonchev–Trinajstić information content (AvgIpc) is 2.98. The highest BCUT2D eigenvalue weighted by Crippen LogP contribution is 2.53. The maximum atomic E-state index is 2.49. The van der Waals surface area contributed by atoms with Crippen LogP contribution in [-0.4, -0.2) is 0 Å². The van der Waals surface area contributed by atoms with Gasteiger partial charge in [-0.25, -0.2) is 0 Å². The van der Waals surface area contributed by atoms with Crippen LogP contribution in [0.5, 0.6) is 0 Å². The summed E-state index contributed by atoms with van der Waals surface area (Å²) in [6, 6.07) is 6.88. The fourth-order valence-corrected chi connectivity index (χ4v) is 3.46. The number of allylic oxidation sites excluding steroid dienone is 2. The third kappa shape index (κ3) is 2.39. The van der Waals surface area contributed by atoms with Gasteiger partial charge in [-0.2, -0.15) is 0 Å². The first-order valence-electron chi connectivity index (χ1n) is 7.08. The lowest BCUT2D eigenvalue weighted by Crippen LogP contribution is -2.24. The van der Waals surface area contributed by atoms with Crippen molar-refractivity contribution in [2.75, 3.05) is 0 Å². The highest BCUT2D eigenvalue weighted by molar-refractivity contribution is 5.42. The molecule has 0 aliphatic heterocycles. The molecule has 1 aromatic rings. The van der Waals surface area contributed by atoms with Gasteiger partial charge >= 0.3 is 0 Å². The van der Waals surface area contributed by atoms with Gasteiger partial charge in [-0.15, -0.1) is 0 Å². The molecular weight excluding hydrogens is 216 g/mol. The zero-order chi connectivity index (χ0) is 13.5. The number of aryl methyl sites for hydroxylation is 2. The normalized spacial score (nSPS) is 25.4. The Morgan fingerprint density at radius 2 is 1.89 bits per heavy atom. The summed E-state index contributed by atoms with van der Waals surface area (Å²) in [4.78, 5) is 0. The van der Waals surface area contributed by atoms with Gasteiger partial charge in [0.15, 0.2) is 0 Å². The molecule has 1 fully saturated rings. The van der Waals surface area contributed by atoms with Crippen LogP contribution in [0.25, 0.3) is 0 Å². The average molecular weight is 242 g/mol. The van der Waals surface area contributed by atoms with Crippen molar-refractivity contribution in [2.24, 2.45) is 11.8 Å². The standard InChI is InChI=1S/C18H26/c1-12(2)11-18(6,17-10-15(17)5)16-9-13(3)7-8-14(16)4/h7-9,11,15,17H,10H2,1-6H3. The zero-order valence-corrected chi connectivity index (χ0v) is 12.7. The minimum atomic E-state index is 0.217. The van der Waals surface area contributed by atoms with Crippen molar-refractivity contribution in [3.8, 4) is 0 Å². The van der Waals surface area contributed by atoms with Gasteiger partial charge in [0.05, 0.1) is 0 Å². The van der Waals surface area contributed by atoms with E-state index in [4.69, 9.17) is 0 Å². The first-order valence-corrected chi connectivity index (χ1v) is 7.08. The topological polar surface area (TPSA) is 0 Å². The third-order valence-corrected chi connectivity index (χ3v) is 4.44. The Bertz CT molecular complexity index is 477. The van der Waals surface area contributed by atoms with Crippen molar-refractivity contribution >= 4 is 0 Å². The van der Waals surface area contributed by atoms with Crippen LogP contribution in [0.15, 0.2) is 29.8 Å². The fourth-order valence-electron chi connectivity index (χ4n) is 3.46. The minimum absolute atomic E-state index is 0.217. The highest BCUT2D eigenvalue weighted by atomic mass is 14.5. The van der Waals surface area contributed by atoms with Crippen LogP contribution in [0.3, 0.4) is 0 Å². The van der Waals surface area contributed by atoms with E-state index in [1.807, 2.05) is 0 Å². The van der Waals surface area contributed by atoms with E-state index in [0.717, 1.165) is 11.8 Å². The van der Waals surface area contributed by atoms with Gasteiger partial charge in [0.1, 0.15) is 0 Å². The Morgan fingerprint density at radius 3 is 2.39 bits per heavy atom. The van der Waals surface area contributed by atoms with Crippen molar-refractivity contribution in [3.63, 3.8) is 0 Å². The van der Waals surface area contributed by atoms with Gasteiger partial charge in [-0.05, 0) is 57.1 Å². The summed E-state index contributed by atoms with van der Waals surface area (Å²) in [5, 5.41) is 0. The van der Waals surface area contributed by atoms with Crippen LogP contribution in [0, 0.1) is 25.7 Å². The van der Waals surface area contributed by atoms with E-state index in [9.17, 15) is 0 Å². The second-order valence-electron chi connectivity index (χ2n) is 6.64. The molecule has 0 heterocycles. The Balaban J connectivity index is 2.53. The molecule has 0 bridgehead atoms. The molecule has 1 saturated carbocycles. The zero-order valence-electron chi connectivity index (χ0n) is 12.7. The molecule has 0 aromatic heterocycles. The van der Waals surface area contributed by atoms with Gasteiger partial charge in [0.25, 0.3) is 0 Å². The summed E-state index contributed by atoms with van der Waals surface area (Å²) in [5.41, 5.74) is 5.97. The van der Waals surface area contributed by atoms with Crippen LogP contribution in [0.1, 0.15) is 50.8 Å². The van der Waals surface area contributed by atoms with Crippen LogP contribution >= 0.6 is 0 Å². The molecule has 0 saturated heterocycles. The molecule has 0 heteroatoms. The van der Waals surface area contributed by atoms with Crippen molar-refractivity contribution in [1.82, 2.24) is 0 Å². The first kappa shape index (κ1) is 13.4. The van der Waals surface area contributed by atoms with Crippen LogP contribution in [-0.2, 0) is 5.41 Å². The summed E-state index contributed by atoms with van der Waals surface area (Å²) >= 11 is 0. The van der Waals surface area contributed by atoms with Crippen molar-refractivity contribution < 1.29 is 0 Å². The molecule has 1 aromatic carbocycles. The predicted octanol–water partition coefficient (Wildman–Crippen LogP) is 5.18. The molecule has 0 amide bonds. The monoisotopic (exact) mass is 242 g/mol. The van der Waals surface area contributed by atoms with Crippen molar-refractivity contribution in [1.29, 1.82) is 0 Å². The number of rotatable bonds is 3. The summed E-state index contributed by atoms with van der Waals surface area (Å²) in [5.74, 6) is 1.68. The van der Waals surface area contributed by atoms with Crippen LogP contribution in [0.4, 0.5) is 0 Å². The largest absolute Gasteiger partial charge is 0.0795 e. The quantitative estimate of drug-likeness (QED) is 0.640. The molecule has 3 atom stereocenters. The summed E-state index contributed by atoms with van der Waals surface area (Å²) in [6.45, 7) is 13.7. The molecule has 0 spiro atoms. The Hall–Kier alpha value is -1.04. The minimum Gasteiger partial charge on any atom is -0.0795 e. The van der Waals surface area contributed by atoms with E-state index < -0.39 is 0 Å². The second-order valence-corrected chi connectivity index (χ2v) is 6.64. The molecule has 1 aliphatic rings. The summed E-state index contributed by atoms with van der Waals surface area (Å²) < 4.78 is 0. The molecule has 98 valence electrons. The Kier molecular flexibility index (Phi) is 3.40. The van der Waals surface area contributed by atoms with Crippen LogP contribution < -0.4 is 0 Å². The lowest BCUT2D eigenvalue weighted by atomic mass is 9.74. The predicted molar refractivity (Wildman–Crippen MR) is 80.0 cm³/mol. The van der Waals surface area contributed by atoms with E-state index in [1.165, 1.54) is 28.7 Å². The molecule has 3 unspecified atom stereocenters. The molecule has 0 nitrogen and oxygen atoms in total. The smallest absolute Gasteiger partial charge is 0.0140 e. The maximum Gasteiger partial charge on any atom is 0.0140 e. The van der Waals surface area contributed by atoms with E-state index in [2.05, 4.69) is 65.8 Å². The van der Waals surface area contributed by atoms with Gasteiger partial charge in [0, 0.05) is 5.41 Å². The fraction of sp³-hybridized carbons (Fsp3) is 0.556. The summed E-state index contributed by atoms with van der Waals surface area (Å²) in [7, 11) is 0.